The minimum Gasteiger partial charge on any atom is -0.444 e. The monoisotopic (exact) mass is 201 g/mol. The maximum absolute atomic E-state index is 11.2. The van der Waals surface area contributed by atoms with Gasteiger partial charge in [-0.25, -0.2) is 4.79 Å². The van der Waals surface area contributed by atoms with E-state index in [-0.39, 0.29) is 6.61 Å². The Morgan fingerprint density at radius 1 is 1.50 bits per heavy atom. The highest BCUT2D eigenvalue weighted by Crippen LogP contribution is 2.06. The van der Waals surface area contributed by atoms with Crippen LogP contribution in [0.4, 0.5) is 4.79 Å². The molecule has 0 atom stereocenters. The molecule has 4 nitrogen and oxygen atoms in total. The largest absolute Gasteiger partial charge is 0.444 e. The number of carbonyl (C=O) groups excluding carboxylic acids is 1. The Kier molecular flexibility index (Phi) is 5.23. The van der Waals surface area contributed by atoms with E-state index < -0.39 is 11.7 Å². The molecule has 0 rings (SSSR count). The second-order valence-corrected chi connectivity index (χ2v) is 3.96. The van der Waals surface area contributed by atoms with Crippen molar-refractivity contribution in [3.05, 3.63) is 11.6 Å². The second-order valence-electron chi connectivity index (χ2n) is 3.96. The van der Waals surface area contributed by atoms with E-state index in [0.29, 0.717) is 6.54 Å². The second kappa shape index (κ2) is 5.65. The summed E-state index contributed by atoms with van der Waals surface area (Å²) in [6, 6.07) is 0. The van der Waals surface area contributed by atoms with E-state index in [1.54, 1.807) is 26.8 Å². The van der Waals surface area contributed by atoms with E-state index in [1.807, 2.05) is 6.92 Å². The summed E-state index contributed by atoms with van der Waals surface area (Å²) < 4.78 is 5.02. The number of hydrogen-bond acceptors (Lipinski definition) is 3. The van der Waals surface area contributed by atoms with Gasteiger partial charge in [-0.15, -0.1) is 0 Å². The van der Waals surface area contributed by atoms with Crippen molar-refractivity contribution in [2.24, 2.45) is 0 Å². The SMILES string of the molecule is C/C=C(\CO)CNC(=O)OC(C)(C)C. The Morgan fingerprint density at radius 2 is 2.07 bits per heavy atom. The number of amides is 1. The first-order valence-corrected chi connectivity index (χ1v) is 4.61. The fourth-order valence-corrected chi connectivity index (χ4v) is 0.749. The highest BCUT2D eigenvalue weighted by atomic mass is 16.6. The molecule has 14 heavy (non-hydrogen) atoms. The fourth-order valence-electron chi connectivity index (χ4n) is 0.749. The molecule has 0 aliphatic rings. The van der Waals surface area contributed by atoms with Crippen molar-refractivity contribution < 1.29 is 14.6 Å². The number of aliphatic hydroxyl groups excluding tert-OH is 1. The number of rotatable bonds is 3. The van der Waals surface area contributed by atoms with Crippen LogP contribution >= 0.6 is 0 Å². The molecule has 0 bridgehead atoms. The molecule has 82 valence electrons. The Balaban J connectivity index is 3.86. The third kappa shape index (κ3) is 6.48. The number of aliphatic hydroxyl groups is 1. The summed E-state index contributed by atoms with van der Waals surface area (Å²) in [6.45, 7) is 7.48. The van der Waals surface area contributed by atoms with Gasteiger partial charge in [-0.05, 0) is 33.3 Å². The van der Waals surface area contributed by atoms with Crippen LogP contribution in [0.25, 0.3) is 0 Å². The summed E-state index contributed by atoms with van der Waals surface area (Å²) >= 11 is 0. The zero-order valence-corrected chi connectivity index (χ0v) is 9.26. The summed E-state index contributed by atoms with van der Waals surface area (Å²) in [6.07, 6.45) is 1.29. The maximum Gasteiger partial charge on any atom is 0.407 e. The first kappa shape index (κ1) is 13.0. The molecule has 0 radical (unpaired) electrons. The van der Waals surface area contributed by atoms with Crippen molar-refractivity contribution in [3.8, 4) is 0 Å². The van der Waals surface area contributed by atoms with Crippen LogP contribution in [0.1, 0.15) is 27.7 Å². The molecule has 0 spiro atoms. The van der Waals surface area contributed by atoms with Gasteiger partial charge in [-0.3, -0.25) is 0 Å². The van der Waals surface area contributed by atoms with Gasteiger partial charge in [0.25, 0.3) is 0 Å². The van der Waals surface area contributed by atoms with Crippen molar-refractivity contribution in [1.82, 2.24) is 5.32 Å². The third-order valence-electron chi connectivity index (χ3n) is 1.47. The normalized spacial score (nSPS) is 12.5. The van der Waals surface area contributed by atoms with Crippen molar-refractivity contribution >= 4 is 6.09 Å². The number of hydrogen-bond donors (Lipinski definition) is 2. The highest BCUT2D eigenvalue weighted by Gasteiger charge is 2.15. The Labute approximate surface area is 85.0 Å². The molecule has 0 heterocycles. The van der Waals surface area contributed by atoms with Gasteiger partial charge in [0.05, 0.1) is 6.61 Å². The zero-order chi connectivity index (χ0) is 11.2. The predicted octanol–water partition coefficient (Wildman–Crippen LogP) is 1.45. The van der Waals surface area contributed by atoms with Gasteiger partial charge < -0.3 is 15.2 Å². The molecule has 0 unspecified atom stereocenters. The van der Waals surface area contributed by atoms with Gasteiger partial charge in [0.2, 0.25) is 0 Å². The number of nitrogens with one attached hydrogen (secondary N) is 1. The van der Waals surface area contributed by atoms with Crippen LogP contribution in [0, 0.1) is 0 Å². The quantitative estimate of drug-likeness (QED) is 0.679. The molecule has 1 amide bonds. The number of alkyl carbamates (subject to hydrolysis) is 1. The Hall–Kier alpha value is -1.03. The lowest BCUT2D eigenvalue weighted by Gasteiger charge is -2.19. The summed E-state index contributed by atoms with van der Waals surface area (Å²) in [7, 11) is 0. The molecule has 0 aromatic heterocycles. The lowest BCUT2D eigenvalue weighted by molar-refractivity contribution is 0.0531. The molecule has 0 saturated carbocycles. The van der Waals surface area contributed by atoms with Crippen LogP contribution in [0.5, 0.6) is 0 Å². The lowest BCUT2D eigenvalue weighted by Crippen LogP contribution is -2.33. The highest BCUT2D eigenvalue weighted by molar-refractivity contribution is 5.68. The molecule has 0 aliphatic carbocycles. The van der Waals surface area contributed by atoms with Crippen molar-refractivity contribution in [2.75, 3.05) is 13.2 Å². The zero-order valence-electron chi connectivity index (χ0n) is 9.26. The van der Waals surface area contributed by atoms with E-state index in [1.165, 1.54) is 0 Å². The van der Waals surface area contributed by atoms with Gasteiger partial charge in [0.1, 0.15) is 5.60 Å². The first-order chi connectivity index (χ1) is 6.39. The first-order valence-electron chi connectivity index (χ1n) is 4.61. The molecule has 0 saturated heterocycles. The van der Waals surface area contributed by atoms with Gasteiger partial charge >= 0.3 is 6.09 Å². The summed E-state index contributed by atoms with van der Waals surface area (Å²) in [4.78, 5) is 11.2. The van der Waals surface area contributed by atoms with Gasteiger partial charge in [0.15, 0.2) is 0 Å². The molecule has 0 fully saturated rings. The smallest absolute Gasteiger partial charge is 0.407 e. The maximum atomic E-state index is 11.2. The number of allylic oxidation sites excluding steroid dienone is 1. The number of ether oxygens (including phenoxy) is 1. The van der Waals surface area contributed by atoms with E-state index in [4.69, 9.17) is 9.84 Å². The lowest BCUT2D eigenvalue weighted by atomic mass is 10.2. The molecule has 0 aliphatic heterocycles. The predicted molar refractivity (Wildman–Crippen MR) is 55.1 cm³/mol. The molecule has 2 N–H and O–H groups in total. The van der Waals surface area contributed by atoms with E-state index >= 15 is 0 Å². The van der Waals surface area contributed by atoms with Crippen LogP contribution in [0.15, 0.2) is 11.6 Å². The summed E-state index contributed by atoms with van der Waals surface area (Å²) in [5, 5.41) is 11.4. The molecule has 0 aromatic rings. The topological polar surface area (TPSA) is 58.6 Å². The van der Waals surface area contributed by atoms with E-state index in [2.05, 4.69) is 5.32 Å². The average Bonchev–Trinajstić information content (AvgIpc) is 2.03. The minimum absolute atomic E-state index is 0.0493. The standard InChI is InChI=1S/C10H19NO3/c1-5-8(7-12)6-11-9(13)14-10(2,3)4/h5,12H,6-7H2,1-4H3,(H,11,13)/b8-5-. The van der Waals surface area contributed by atoms with Crippen molar-refractivity contribution in [2.45, 2.75) is 33.3 Å². The van der Waals surface area contributed by atoms with E-state index in [0.717, 1.165) is 5.57 Å². The summed E-state index contributed by atoms with van der Waals surface area (Å²) in [5.74, 6) is 0. The van der Waals surface area contributed by atoms with Crippen LogP contribution in [0.3, 0.4) is 0 Å². The Bertz CT molecular complexity index is 216. The van der Waals surface area contributed by atoms with Crippen LogP contribution in [-0.4, -0.2) is 30.0 Å². The van der Waals surface area contributed by atoms with Crippen LogP contribution < -0.4 is 5.32 Å². The molecular formula is C10H19NO3. The Morgan fingerprint density at radius 3 is 2.43 bits per heavy atom. The van der Waals surface area contributed by atoms with Gasteiger partial charge in [-0.2, -0.15) is 0 Å². The number of carbonyl (C=O) groups is 1. The van der Waals surface area contributed by atoms with Gasteiger partial charge in [-0.1, -0.05) is 6.08 Å². The molecular weight excluding hydrogens is 182 g/mol. The minimum atomic E-state index is -0.487. The summed E-state index contributed by atoms with van der Waals surface area (Å²) in [5.41, 5.74) is 0.273. The van der Waals surface area contributed by atoms with Crippen molar-refractivity contribution in [1.29, 1.82) is 0 Å². The average molecular weight is 201 g/mol. The van der Waals surface area contributed by atoms with E-state index in [9.17, 15) is 4.79 Å². The fraction of sp³-hybridized carbons (Fsp3) is 0.700. The third-order valence-corrected chi connectivity index (χ3v) is 1.47. The van der Waals surface area contributed by atoms with Gasteiger partial charge in [0, 0.05) is 6.54 Å². The molecule has 4 heteroatoms. The van der Waals surface area contributed by atoms with Crippen molar-refractivity contribution in [3.63, 3.8) is 0 Å². The molecule has 0 aromatic carbocycles. The van der Waals surface area contributed by atoms with Crippen LogP contribution in [0.2, 0.25) is 0 Å². The van der Waals surface area contributed by atoms with Crippen LogP contribution in [-0.2, 0) is 4.74 Å².